The maximum atomic E-state index is 2.28. The monoisotopic (exact) mass is 108 g/mol. The van der Waals surface area contributed by atoms with Crippen LogP contribution in [0.1, 0.15) is 26.7 Å². The minimum Gasteiger partial charge on any atom is -0.0775 e. The van der Waals surface area contributed by atoms with Crippen LogP contribution in [0.15, 0.2) is 23.3 Å². The van der Waals surface area contributed by atoms with E-state index in [1.54, 1.807) is 5.57 Å². The van der Waals surface area contributed by atoms with E-state index in [0.717, 1.165) is 0 Å². The topological polar surface area (TPSA) is 0 Å². The molecule has 0 heterocycles. The molecule has 0 aliphatic heterocycles. The fourth-order valence-corrected chi connectivity index (χ4v) is 0.978. The number of hydrogen-bond donors (Lipinski definition) is 0. The van der Waals surface area contributed by atoms with E-state index < -0.39 is 0 Å². The highest BCUT2D eigenvalue weighted by Gasteiger charge is 1.98. The molecule has 0 aromatic rings. The van der Waals surface area contributed by atoms with Crippen molar-refractivity contribution < 1.29 is 0 Å². The summed E-state index contributed by atoms with van der Waals surface area (Å²) in [5.41, 5.74) is 3.00. The summed E-state index contributed by atoms with van der Waals surface area (Å²) in [6.07, 6.45) is 6.97. The lowest BCUT2D eigenvalue weighted by Gasteiger charge is -1.89. The van der Waals surface area contributed by atoms with E-state index in [-0.39, 0.29) is 0 Å². The SMILES string of the molecule is CCC1=CC(C)=CC1. The van der Waals surface area contributed by atoms with Gasteiger partial charge < -0.3 is 0 Å². The second-order valence-electron chi connectivity index (χ2n) is 2.31. The Morgan fingerprint density at radius 2 is 2.38 bits per heavy atom. The molecule has 0 spiro atoms. The van der Waals surface area contributed by atoms with Crippen LogP contribution in [0.4, 0.5) is 0 Å². The van der Waals surface area contributed by atoms with Crippen LogP contribution in [0.5, 0.6) is 0 Å². The van der Waals surface area contributed by atoms with Crippen LogP contribution in [0.3, 0.4) is 0 Å². The minimum atomic E-state index is 1.20. The van der Waals surface area contributed by atoms with Crippen LogP contribution < -0.4 is 0 Å². The molecule has 0 radical (unpaired) electrons. The average molecular weight is 108 g/mol. The van der Waals surface area contributed by atoms with Crippen LogP contribution in [0.2, 0.25) is 0 Å². The van der Waals surface area contributed by atoms with Gasteiger partial charge in [0.1, 0.15) is 0 Å². The smallest absolute Gasteiger partial charge is 0.0130 e. The zero-order valence-electron chi connectivity index (χ0n) is 5.57. The molecule has 1 rings (SSSR count). The van der Waals surface area contributed by atoms with E-state index in [1.807, 2.05) is 0 Å². The summed E-state index contributed by atoms with van der Waals surface area (Å²) in [5.74, 6) is 0. The molecule has 0 fully saturated rings. The van der Waals surface area contributed by atoms with Gasteiger partial charge in [0.05, 0.1) is 0 Å². The van der Waals surface area contributed by atoms with Crippen LogP contribution in [0.25, 0.3) is 0 Å². The van der Waals surface area contributed by atoms with Crippen molar-refractivity contribution in [1.82, 2.24) is 0 Å². The summed E-state index contributed by atoms with van der Waals surface area (Å²) in [5, 5.41) is 0. The molecular weight excluding hydrogens is 96.1 g/mol. The van der Waals surface area contributed by atoms with Crippen molar-refractivity contribution in [2.75, 3.05) is 0 Å². The fourth-order valence-electron chi connectivity index (χ4n) is 0.978. The van der Waals surface area contributed by atoms with Crippen molar-refractivity contribution in [3.8, 4) is 0 Å². The van der Waals surface area contributed by atoms with Gasteiger partial charge in [-0.15, -0.1) is 0 Å². The third kappa shape index (κ3) is 1.00. The molecule has 0 saturated carbocycles. The van der Waals surface area contributed by atoms with Gasteiger partial charge in [0, 0.05) is 0 Å². The molecule has 1 aliphatic carbocycles. The predicted octanol–water partition coefficient (Wildman–Crippen LogP) is 2.67. The molecule has 0 saturated heterocycles. The lowest BCUT2D eigenvalue weighted by atomic mass is 10.2. The van der Waals surface area contributed by atoms with Crippen LogP contribution in [0, 0.1) is 0 Å². The van der Waals surface area contributed by atoms with Crippen molar-refractivity contribution in [1.29, 1.82) is 0 Å². The third-order valence-electron chi connectivity index (χ3n) is 1.57. The highest BCUT2D eigenvalue weighted by atomic mass is 14.0. The Labute approximate surface area is 50.9 Å². The maximum Gasteiger partial charge on any atom is -0.0130 e. The Bertz CT molecular complexity index is 138. The van der Waals surface area contributed by atoms with Crippen LogP contribution in [-0.4, -0.2) is 0 Å². The summed E-state index contributed by atoms with van der Waals surface area (Å²) < 4.78 is 0. The zero-order valence-corrected chi connectivity index (χ0v) is 5.57. The summed E-state index contributed by atoms with van der Waals surface area (Å²) in [7, 11) is 0. The molecule has 44 valence electrons. The highest BCUT2D eigenvalue weighted by molar-refractivity contribution is 5.30. The number of hydrogen-bond acceptors (Lipinski definition) is 0. The molecule has 0 unspecified atom stereocenters. The second-order valence-corrected chi connectivity index (χ2v) is 2.31. The first kappa shape index (κ1) is 5.61. The molecule has 0 nitrogen and oxygen atoms in total. The van der Waals surface area contributed by atoms with Gasteiger partial charge in [-0.2, -0.15) is 0 Å². The molecule has 8 heavy (non-hydrogen) atoms. The average Bonchev–Trinajstić information content (AvgIpc) is 2.14. The second kappa shape index (κ2) is 2.17. The van der Waals surface area contributed by atoms with E-state index in [4.69, 9.17) is 0 Å². The third-order valence-corrected chi connectivity index (χ3v) is 1.57. The minimum absolute atomic E-state index is 1.20. The van der Waals surface area contributed by atoms with Crippen molar-refractivity contribution in [3.05, 3.63) is 23.3 Å². The Balaban J connectivity index is 2.56. The van der Waals surface area contributed by atoms with Gasteiger partial charge in [0.15, 0.2) is 0 Å². The number of allylic oxidation sites excluding steroid dienone is 4. The van der Waals surface area contributed by atoms with E-state index in [0.29, 0.717) is 0 Å². The van der Waals surface area contributed by atoms with E-state index >= 15 is 0 Å². The molecule has 0 aromatic heterocycles. The lowest BCUT2D eigenvalue weighted by molar-refractivity contribution is 1.05. The summed E-state index contributed by atoms with van der Waals surface area (Å²) in [4.78, 5) is 0. The standard InChI is InChI=1S/C8H12/c1-3-8-5-4-7(2)6-8/h4,6H,3,5H2,1-2H3. The number of rotatable bonds is 1. The van der Waals surface area contributed by atoms with E-state index in [9.17, 15) is 0 Å². The van der Waals surface area contributed by atoms with Gasteiger partial charge >= 0.3 is 0 Å². The zero-order chi connectivity index (χ0) is 5.98. The summed E-state index contributed by atoms with van der Waals surface area (Å²) in [6.45, 7) is 4.36. The van der Waals surface area contributed by atoms with Crippen LogP contribution >= 0.6 is 0 Å². The molecule has 0 N–H and O–H groups in total. The summed E-state index contributed by atoms with van der Waals surface area (Å²) >= 11 is 0. The van der Waals surface area contributed by atoms with Crippen molar-refractivity contribution in [2.24, 2.45) is 0 Å². The Kier molecular flexibility index (Phi) is 1.52. The van der Waals surface area contributed by atoms with E-state index in [1.165, 1.54) is 18.4 Å². The first-order valence-electron chi connectivity index (χ1n) is 3.19. The first-order chi connectivity index (χ1) is 3.83. The van der Waals surface area contributed by atoms with Gasteiger partial charge in [-0.25, -0.2) is 0 Å². The highest BCUT2D eigenvalue weighted by Crippen LogP contribution is 2.18. The van der Waals surface area contributed by atoms with Gasteiger partial charge in [-0.05, 0) is 19.8 Å². The predicted molar refractivity (Wildman–Crippen MR) is 36.7 cm³/mol. The van der Waals surface area contributed by atoms with Crippen molar-refractivity contribution in [3.63, 3.8) is 0 Å². The van der Waals surface area contributed by atoms with Crippen molar-refractivity contribution >= 4 is 0 Å². The van der Waals surface area contributed by atoms with E-state index in [2.05, 4.69) is 26.0 Å². The molecule has 0 aromatic carbocycles. The van der Waals surface area contributed by atoms with Gasteiger partial charge in [0.25, 0.3) is 0 Å². The van der Waals surface area contributed by atoms with Crippen molar-refractivity contribution in [2.45, 2.75) is 26.7 Å². The first-order valence-corrected chi connectivity index (χ1v) is 3.19. The molecule has 0 amide bonds. The van der Waals surface area contributed by atoms with Gasteiger partial charge in [0.2, 0.25) is 0 Å². The fraction of sp³-hybridized carbons (Fsp3) is 0.500. The van der Waals surface area contributed by atoms with Crippen LogP contribution in [-0.2, 0) is 0 Å². The Morgan fingerprint density at radius 3 is 2.62 bits per heavy atom. The molecular formula is C8H12. The Hall–Kier alpha value is -0.520. The maximum absolute atomic E-state index is 2.28. The van der Waals surface area contributed by atoms with Gasteiger partial charge in [-0.3, -0.25) is 0 Å². The van der Waals surface area contributed by atoms with Gasteiger partial charge in [-0.1, -0.05) is 30.2 Å². The quantitative estimate of drug-likeness (QED) is 0.484. The molecule has 0 atom stereocenters. The largest absolute Gasteiger partial charge is 0.0775 e. The molecule has 0 heteroatoms. The Morgan fingerprint density at radius 1 is 1.62 bits per heavy atom. The summed E-state index contributed by atoms with van der Waals surface area (Å²) in [6, 6.07) is 0. The normalized spacial score (nSPS) is 18.2. The molecule has 1 aliphatic rings. The lowest BCUT2D eigenvalue weighted by Crippen LogP contribution is -1.69. The molecule has 0 bridgehead atoms.